The second-order valence-corrected chi connectivity index (χ2v) is 5.62. The topological polar surface area (TPSA) is 41.6 Å². The van der Waals surface area contributed by atoms with Gasteiger partial charge < -0.3 is 0 Å². The molecule has 1 aromatic heterocycles. The van der Waals surface area contributed by atoms with Crippen LogP contribution in [0.1, 0.15) is 33.1 Å². The molecule has 82 valence electrons. The number of nitrogens with zero attached hydrogens (tertiary/aromatic N) is 3. The molecule has 0 aliphatic heterocycles. The van der Waals surface area contributed by atoms with Gasteiger partial charge in [-0.2, -0.15) is 10.4 Å². The zero-order valence-electron chi connectivity index (χ0n) is 9.20. The molecule has 0 atom stereocenters. The summed E-state index contributed by atoms with van der Waals surface area (Å²) >= 11 is 2.25. The van der Waals surface area contributed by atoms with Crippen LogP contribution in [0.15, 0.2) is 12.4 Å². The highest BCUT2D eigenvalue weighted by Gasteiger charge is 2.15. The fourth-order valence-electron chi connectivity index (χ4n) is 1.36. The van der Waals surface area contributed by atoms with E-state index in [0.717, 1.165) is 25.8 Å². The second-order valence-electron chi connectivity index (χ2n) is 4.37. The molecule has 4 heteroatoms. The molecule has 0 unspecified atom stereocenters. The number of hydrogen-bond donors (Lipinski definition) is 0. The van der Waals surface area contributed by atoms with Gasteiger partial charge in [0.2, 0.25) is 0 Å². The monoisotopic (exact) mass is 317 g/mol. The van der Waals surface area contributed by atoms with Gasteiger partial charge in [0.1, 0.15) is 0 Å². The lowest BCUT2D eigenvalue weighted by molar-refractivity contribution is 0.412. The Balaban J connectivity index is 2.21. The van der Waals surface area contributed by atoms with Crippen molar-refractivity contribution in [2.24, 2.45) is 5.41 Å². The van der Waals surface area contributed by atoms with E-state index < -0.39 is 0 Å². The van der Waals surface area contributed by atoms with E-state index in [1.54, 1.807) is 0 Å². The molecule has 0 fully saturated rings. The van der Waals surface area contributed by atoms with Crippen LogP contribution in [-0.4, -0.2) is 9.78 Å². The zero-order chi connectivity index (χ0) is 11.3. The number of unbranched alkanes of at least 4 members (excludes halogenated alkanes) is 1. The third-order valence-electron chi connectivity index (χ3n) is 2.34. The molecule has 3 nitrogen and oxygen atoms in total. The molecule has 0 aliphatic carbocycles. The predicted octanol–water partition coefficient (Wildman–Crippen LogP) is 3.21. The maximum absolute atomic E-state index is 8.85. The summed E-state index contributed by atoms with van der Waals surface area (Å²) in [4.78, 5) is 0. The molecule has 0 saturated carbocycles. The number of aromatic nitrogens is 2. The van der Waals surface area contributed by atoms with E-state index >= 15 is 0 Å². The molecule has 15 heavy (non-hydrogen) atoms. The second kappa shape index (κ2) is 5.50. The minimum Gasteiger partial charge on any atom is -0.272 e. The summed E-state index contributed by atoms with van der Waals surface area (Å²) in [6.07, 6.45) is 7.03. The highest BCUT2D eigenvalue weighted by molar-refractivity contribution is 14.1. The Kier molecular flexibility index (Phi) is 4.58. The van der Waals surface area contributed by atoms with Crippen LogP contribution in [0.25, 0.3) is 0 Å². The molecule has 1 rings (SSSR count). The van der Waals surface area contributed by atoms with Crippen LogP contribution in [0.5, 0.6) is 0 Å². The Bertz CT molecular complexity index is 349. The summed E-state index contributed by atoms with van der Waals surface area (Å²) < 4.78 is 3.13. The van der Waals surface area contributed by atoms with Crippen molar-refractivity contribution in [3.63, 3.8) is 0 Å². The van der Waals surface area contributed by atoms with Gasteiger partial charge in [0.15, 0.2) is 0 Å². The van der Waals surface area contributed by atoms with Crippen molar-refractivity contribution < 1.29 is 0 Å². The maximum atomic E-state index is 8.85. The summed E-state index contributed by atoms with van der Waals surface area (Å²) in [5.74, 6) is 0. The van der Waals surface area contributed by atoms with Crippen LogP contribution in [0, 0.1) is 20.3 Å². The summed E-state index contributed by atoms with van der Waals surface area (Å²) in [6, 6.07) is 2.32. The minimum atomic E-state index is -0.182. The molecule has 0 radical (unpaired) electrons. The molecule has 0 bridgehead atoms. The smallest absolute Gasteiger partial charge is 0.0683 e. The first-order valence-electron chi connectivity index (χ1n) is 5.13. The lowest BCUT2D eigenvalue weighted by Gasteiger charge is -2.14. The molecule has 0 spiro atoms. The van der Waals surface area contributed by atoms with Crippen LogP contribution in [0.3, 0.4) is 0 Å². The van der Waals surface area contributed by atoms with Crippen molar-refractivity contribution in [2.75, 3.05) is 0 Å². The number of hydrogen-bond acceptors (Lipinski definition) is 2. The third kappa shape index (κ3) is 4.65. The van der Waals surface area contributed by atoms with E-state index in [4.69, 9.17) is 5.26 Å². The van der Waals surface area contributed by atoms with Crippen molar-refractivity contribution in [3.05, 3.63) is 16.0 Å². The van der Waals surface area contributed by atoms with Gasteiger partial charge >= 0.3 is 0 Å². The highest BCUT2D eigenvalue weighted by atomic mass is 127. The van der Waals surface area contributed by atoms with Crippen molar-refractivity contribution >= 4 is 22.6 Å². The standard InChI is InChI=1S/C11H16IN3/c1-11(2,9-13)5-3-4-6-15-8-10(12)7-14-15/h7-8H,3-6H2,1-2H3. The zero-order valence-corrected chi connectivity index (χ0v) is 11.4. The average molecular weight is 317 g/mol. The van der Waals surface area contributed by atoms with Gasteiger partial charge in [-0.05, 0) is 49.3 Å². The summed E-state index contributed by atoms with van der Waals surface area (Å²) in [6.45, 7) is 4.93. The first-order valence-corrected chi connectivity index (χ1v) is 6.20. The molecule has 0 N–H and O–H groups in total. The summed E-state index contributed by atoms with van der Waals surface area (Å²) in [5.41, 5.74) is -0.182. The van der Waals surface area contributed by atoms with E-state index in [1.807, 2.05) is 30.9 Å². The van der Waals surface area contributed by atoms with Crippen molar-refractivity contribution in [1.82, 2.24) is 9.78 Å². The van der Waals surface area contributed by atoms with E-state index in [9.17, 15) is 0 Å². The van der Waals surface area contributed by atoms with Crippen molar-refractivity contribution in [1.29, 1.82) is 5.26 Å². The largest absolute Gasteiger partial charge is 0.272 e. The molecule has 1 aromatic rings. The van der Waals surface area contributed by atoms with Gasteiger partial charge in [-0.3, -0.25) is 4.68 Å². The Labute approximate surface area is 105 Å². The van der Waals surface area contributed by atoms with Crippen LogP contribution >= 0.6 is 22.6 Å². The molecular formula is C11H16IN3. The quantitative estimate of drug-likeness (QED) is 0.618. The number of nitriles is 1. The Morgan fingerprint density at radius 2 is 2.27 bits per heavy atom. The van der Waals surface area contributed by atoms with Gasteiger partial charge in [0.05, 0.1) is 21.3 Å². The van der Waals surface area contributed by atoms with Gasteiger partial charge in [0, 0.05) is 12.7 Å². The van der Waals surface area contributed by atoms with E-state index in [1.165, 1.54) is 3.57 Å². The fourth-order valence-corrected chi connectivity index (χ4v) is 1.80. The van der Waals surface area contributed by atoms with E-state index in [-0.39, 0.29) is 5.41 Å². The normalized spacial score (nSPS) is 11.3. The van der Waals surface area contributed by atoms with Crippen molar-refractivity contribution in [3.8, 4) is 6.07 Å². The molecule has 0 amide bonds. The fraction of sp³-hybridized carbons (Fsp3) is 0.636. The van der Waals surface area contributed by atoms with Gasteiger partial charge in [-0.1, -0.05) is 6.42 Å². The minimum absolute atomic E-state index is 0.182. The SMILES string of the molecule is CC(C)(C#N)CCCCn1cc(I)cn1. The van der Waals surface area contributed by atoms with Gasteiger partial charge in [-0.25, -0.2) is 0 Å². The van der Waals surface area contributed by atoms with Crippen LogP contribution < -0.4 is 0 Å². The van der Waals surface area contributed by atoms with Gasteiger partial charge in [-0.15, -0.1) is 0 Å². The van der Waals surface area contributed by atoms with Crippen LogP contribution in [0.2, 0.25) is 0 Å². The number of aryl methyl sites for hydroxylation is 1. The molecule has 0 aliphatic rings. The first-order chi connectivity index (χ1) is 7.03. The van der Waals surface area contributed by atoms with E-state index in [0.29, 0.717) is 0 Å². The molecular weight excluding hydrogens is 301 g/mol. The molecule has 0 aromatic carbocycles. The number of rotatable bonds is 5. The van der Waals surface area contributed by atoms with Crippen LogP contribution in [-0.2, 0) is 6.54 Å². The molecule has 1 heterocycles. The predicted molar refractivity (Wildman–Crippen MR) is 68.2 cm³/mol. The Hall–Kier alpha value is -0.570. The summed E-state index contributed by atoms with van der Waals surface area (Å²) in [7, 11) is 0. The van der Waals surface area contributed by atoms with Crippen molar-refractivity contribution in [2.45, 2.75) is 39.7 Å². The Morgan fingerprint density at radius 1 is 1.53 bits per heavy atom. The van der Waals surface area contributed by atoms with Gasteiger partial charge in [0.25, 0.3) is 0 Å². The van der Waals surface area contributed by atoms with E-state index in [2.05, 4.69) is 33.8 Å². The molecule has 0 saturated heterocycles. The lowest BCUT2D eigenvalue weighted by atomic mass is 9.89. The maximum Gasteiger partial charge on any atom is 0.0683 e. The highest BCUT2D eigenvalue weighted by Crippen LogP contribution is 2.21. The first kappa shape index (κ1) is 12.5. The van der Waals surface area contributed by atoms with Crippen LogP contribution in [0.4, 0.5) is 0 Å². The average Bonchev–Trinajstić information content (AvgIpc) is 2.59. The number of halogens is 1. The Morgan fingerprint density at radius 3 is 2.80 bits per heavy atom. The summed E-state index contributed by atoms with van der Waals surface area (Å²) in [5, 5.41) is 13.1. The lowest BCUT2D eigenvalue weighted by Crippen LogP contribution is -2.08. The third-order valence-corrected chi connectivity index (χ3v) is 2.90.